The van der Waals surface area contributed by atoms with Crippen molar-refractivity contribution in [3.05, 3.63) is 75.2 Å². The maximum Gasteiger partial charge on any atom is 0.286 e. The van der Waals surface area contributed by atoms with Crippen molar-refractivity contribution in [3.63, 3.8) is 0 Å². The first-order valence-corrected chi connectivity index (χ1v) is 11.5. The third-order valence-electron chi connectivity index (χ3n) is 5.94. The number of aryl methyl sites for hydroxylation is 1. The van der Waals surface area contributed by atoms with Crippen LogP contribution in [0.15, 0.2) is 62.8 Å². The first-order chi connectivity index (χ1) is 17.0. The maximum absolute atomic E-state index is 13.8. The van der Waals surface area contributed by atoms with E-state index in [2.05, 4.69) is 10.3 Å². The fourth-order valence-electron chi connectivity index (χ4n) is 4.18. The van der Waals surface area contributed by atoms with Crippen molar-refractivity contribution in [2.24, 2.45) is 5.18 Å². The Kier molecular flexibility index (Phi) is 7.71. The molecule has 0 fully saturated rings. The van der Waals surface area contributed by atoms with Crippen molar-refractivity contribution in [3.8, 4) is 11.3 Å². The molecular formula is C25H25FN4O5. The summed E-state index contributed by atoms with van der Waals surface area (Å²) in [5.74, 6) is 0.0183. The number of aliphatic hydroxyl groups is 1. The second kappa shape index (κ2) is 11.1. The van der Waals surface area contributed by atoms with Gasteiger partial charge in [0.05, 0.1) is 23.6 Å². The van der Waals surface area contributed by atoms with Crippen LogP contribution in [0.1, 0.15) is 49.7 Å². The fraction of sp³-hybridized carbons (Fsp3) is 0.360. The Hall–Kier alpha value is -3.79. The summed E-state index contributed by atoms with van der Waals surface area (Å²) in [6.45, 7) is -0.0552. The molecule has 1 atom stereocenters. The highest BCUT2D eigenvalue weighted by Gasteiger charge is 2.19. The summed E-state index contributed by atoms with van der Waals surface area (Å²) < 4.78 is 20.6. The van der Waals surface area contributed by atoms with Gasteiger partial charge in [0, 0.05) is 36.1 Å². The van der Waals surface area contributed by atoms with Gasteiger partial charge < -0.3 is 9.63 Å². The number of carbonyl (C=O) groups is 1. The van der Waals surface area contributed by atoms with E-state index in [1.165, 1.54) is 12.2 Å². The molecule has 0 radical (unpaired) electrons. The number of carbonyl (C=O) groups excluding carboxylic acids is 1. The van der Waals surface area contributed by atoms with Crippen molar-refractivity contribution in [1.82, 2.24) is 14.7 Å². The highest BCUT2D eigenvalue weighted by molar-refractivity contribution is 5.83. The Morgan fingerprint density at radius 1 is 1.26 bits per heavy atom. The molecule has 1 unspecified atom stereocenters. The van der Waals surface area contributed by atoms with E-state index in [1.54, 1.807) is 34.9 Å². The van der Waals surface area contributed by atoms with Gasteiger partial charge in [-0.1, -0.05) is 17.3 Å². The summed E-state index contributed by atoms with van der Waals surface area (Å²) in [5.41, 5.74) is 1.53. The zero-order valence-corrected chi connectivity index (χ0v) is 19.0. The Morgan fingerprint density at radius 2 is 2.11 bits per heavy atom. The van der Waals surface area contributed by atoms with Gasteiger partial charge in [0.15, 0.2) is 0 Å². The number of aliphatic hydroxyl groups excluding tert-OH is 1. The minimum Gasteiger partial charge on any atom is -0.396 e. The van der Waals surface area contributed by atoms with E-state index >= 15 is 0 Å². The smallest absolute Gasteiger partial charge is 0.286 e. The molecule has 2 heterocycles. The van der Waals surface area contributed by atoms with Crippen LogP contribution in [0.2, 0.25) is 0 Å². The Balaban J connectivity index is 1.73. The lowest BCUT2D eigenvalue weighted by Gasteiger charge is -2.20. The molecule has 2 aromatic heterocycles. The van der Waals surface area contributed by atoms with Gasteiger partial charge in [0.1, 0.15) is 23.1 Å². The summed E-state index contributed by atoms with van der Waals surface area (Å²) >= 11 is 0. The summed E-state index contributed by atoms with van der Waals surface area (Å²) in [6.07, 6.45) is 7.28. The zero-order valence-electron chi connectivity index (χ0n) is 19.0. The van der Waals surface area contributed by atoms with Crippen molar-refractivity contribution in [2.75, 3.05) is 6.61 Å². The molecule has 4 rings (SSSR count). The number of aromatic nitrogens is 3. The van der Waals surface area contributed by atoms with Gasteiger partial charge in [0.2, 0.25) is 0 Å². The number of halogens is 1. The minimum atomic E-state index is -0.708. The van der Waals surface area contributed by atoms with Crippen LogP contribution in [-0.4, -0.2) is 32.3 Å². The highest BCUT2D eigenvalue weighted by atomic mass is 19.1. The quantitative estimate of drug-likeness (QED) is 0.356. The van der Waals surface area contributed by atoms with Crippen molar-refractivity contribution < 1.29 is 18.8 Å². The van der Waals surface area contributed by atoms with E-state index in [0.717, 1.165) is 0 Å². The van der Waals surface area contributed by atoms with Crippen LogP contribution in [0, 0.1) is 4.91 Å². The molecule has 0 saturated heterocycles. The molecule has 0 aliphatic heterocycles. The summed E-state index contributed by atoms with van der Waals surface area (Å²) in [4.78, 5) is 39.9. The molecule has 0 spiro atoms. The standard InChI is InChI=1S/C25H25FN4O5/c26-17-4-3-5-18(10-9-17)30-23(6-1-2-7-24(32)28-34)27-22-14-16(8-11-20(22)25(30)33)21-15-19(12-13-31)35-29-21/h4,8-11,14-15,18,31H,1-3,5-7,12-13H2. The lowest BCUT2D eigenvalue weighted by atomic mass is 10.1. The minimum absolute atomic E-state index is 0.0340. The molecular weight excluding hydrogens is 455 g/mol. The molecule has 1 amide bonds. The normalized spacial score (nSPS) is 15.7. The first-order valence-electron chi connectivity index (χ1n) is 11.5. The van der Waals surface area contributed by atoms with Crippen LogP contribution < -0.4 is 5.56 Å². The van der Waals surface area contributed by atoms with Crippen LogP contribution in [0.5, 0.6) is 0 Å². The SMILES string of the molecule is O=NC(=O)CCCCc1nc2cc(-c3cc(CCO)on3)ccc2c(=O)n1C1C=CC(F)=CCC1. The van der Waals surface area contributed by atoms with E-state index in [9.17, 15) is 18.9 Å². The predicted molar refractivity (Wildman–Crippen MR) is 127 cm³/mol. The van der Waals surface area contributed by atoms with Gasteiger partial charge in [-0.2, -0.15) is 0 Å². The molecule has 10 heteroatoms. The Labute approximate surface area is 199 Å². The van der Waals surface area contributed by atoms with Crippen molar-refractivity contribution >= 4 is 16.8 Å². The number of nitroso groups, excluding NO2 is 1. The van der Waals surface area contributed by atoms with E-state index in [-0.39, 0.29) is 30.5 Å². The average Bonchev–Trinajstić information content (AvgIpc) is 3.22. The third-order valence-corrected chi connectivity index (χ3v) is 5.94. The number of nitrogens with zero attached hydrogens (tertiary/aromatic N) is 4. The number of amides is 1. The lowest BCUT2D eigenvalue weighted by Crippen LogP contribution is -2.28. The third kappa shape index (κ3) is 5.65. The fourth-order valence-corrected chi connectivity index (χ4v) is 4.18. The number of hydrogen-bond donors (Lipinski definition) is 1. The van der Waals surface area contributed by atoms with Crippen molar-refractivity contribution in [2.45, 2.75) is 51.0 Å². The summed E-state index contributed by atoms with van der Waals surface area (Å²) in [6, 6.07) is 6.57. The van der Waals surface area contributed by atoms with E-state index in [1.807, 2.05) is 0 Å². The number of hydrogen-bond acceptors (Lipinski definition) is 7. The molecule has 1 N–H and O–H groups in total. The molecule has 35 heavy (non-hydrogen) atoms. The van der Waals surface area contributed by atoms with Crippen LogP contribution in [0.25, 0.3) is 22.2 Å². The molecule has 182 valence electrons. The van der Waals surface area contributed by atoms with E-state index in [0.29, 0.717) is 72.3 Å². The number of fused-ring (bicyclic) bond motifs is 1. The second-order valence-electron chi connectivity index (χ2n) is 8.37. The van der Waals surface area contributed by atoms with Gasteiger partial charge in [-0.05, 0) is 50.0 Å². The molecule has 9 nitrogen and oxygen atoms in total. The van der Waals surface area contributed by atoms with Crippen LogP contribution in [0.4, 0.5) is 4.39 Å². The van der Waals surface area contributed by atoms with Crippen molar-refractivity contribution in [1.29, 1.82) is 0 Å². The molecule has 1 aliphatic carbocycles. The number of unbranched alkanes of at least 4 members (excludes halogenated alkanes) is 1. The first kappa shape index (κ1) is 24.3. The topological polar surface area (TPSA) is 128 Å². The van der Waals surface area contributed by atoms with Gasteiger partial charge in [-0.3, -0.25) is 14.2 Å². The maximum atomic E-state index is 13.8. The zero-order chi connectivity index (χ0) is 24.8. The summed E-state index contributed by atoms with van der Waals surface area (Å²) in [7, 11) is 0. The predicted octanol–water partition coefficient (Wildman–Crippen LogP) is 4.34. The average molecular weight is 480 g/mol. The molecule has 0 saturated carbocycles. The van der Waals surface area contributed by atoms with Gasteiger partial charge in [-0.15, -0.1) is 4.91 Å². The van der Waals surface area contributed by atoms with Gasteiger partial charge >= 0.3 is 0 Å². The van der Waals surface area contributed by atoms with Crippen LogP contribution >= 0.6 is 0 Å². The van der Waals surface area contributed by atoms with Gasteiger partial charge in [0.25, 0.3) is 11.5 Å². The number of allylic oxidation sites excluding steroid dienone is 4. The molecule has 3 aromatic rings. The number of benzene rings is 1. The number of rotatable bonds is 9. The van der Waals surface area contributed by atoms with Crippen LogP contribution in [0.3, 0.4) is 0 Å². The van der Waals surface area contributed by atoms with Crippen LogP contribution in [-0.2, 0) is 17.6 Å². The highest BCUT2D eigenvalue weighted by Crippen LogP contribution is 2.26. The molecule has 1 aromatic carbocycles. The van der Waals surface area contributed by atoms with E-state index < -0.39 is 5.91 Å². The second-order valence-corrected chi connectivity index (χ2v) is 8.37. The lowest BCUT2D eigenvalue weighted by molar-refractivity contribution is -0.118. The Bertz CT molecular complexity index is 1360. The van der Waals surface area contributed by atoms with E-state index in [4.69, 9.17) is 14.6 Å². The van der Waals surface area contributed by atoms with Gasteiger partial charge in [-0.25, -0.2) is 9.37 Å². The largest absolute Gasteiger partial charge is 0.396 e. The molecule has 1 aliphatic rings. The monoisotopic (exact) mass is 480 g/mol. The molecule has 0 bridgehead atoms. The summed E-state index contributed by atoms with van der Waals surface area (Å²) in [5, 5.41) is 16.0. The Morgan fingerprint density at radius 3 is 2.91 bits per heavy atom.